The minimum Gasteiger partial charge on any atom is -0.444 e. The Labute approximate surface area is 161 Å². The summed E-state index contributed by atoms with van der Waals surface area (Å²) in [5.41, 5.74) is 4.44. The first kappa shape index (κ1) is 18.0. The van der Waals surface area contributed by atoms with Crippen molar-refractivity contribution in [2.24, 2.45) is 0 Å². The molecule has 2 atom stereocenters. The molecule has 3 heterocycles. The first-order chi connectivity index (χ1) is 12.8. The average molecular weight is 364 g/mol. The molecule has 4 nitrogen and oxygen atoms in total. The summed E-state index contributed by atoms with van der Waals surface area (Å²) in [5.74, 6) is 0. The number of carbonyl (C=O) groups is 1. The van der Waals surface area contributed by atoms with Gasteiger partial charge in [0.15, 0.2) is 0 Å². The highest BCUT2D eigenvalue weighted by molar-refractivity contribution is 5.87. The first-order valence-electron chi connectivity index (χ1n) is 9.90. The van der Waals surface area contributed by atoms with Gasteiger partial charge in [-0.2, -0.15) is 0 Å². The molecule has 4 rings (SSSR count). The maximum Gasteiger partial charge on any atom is 0.411 e. The van der Waals surface area contributed by atoms with Crippen molar-refractivity contribution in [3.05, 3.63) is 47.7 Å². The molecule has 4 heteroatoms. The number of benzene rings is 1. The van der Waals surface area contributed by atoms with Gasteiger partial charge in [-0.25, -0.2) is 4.79 Å². The highest BCUT2D eigenvalue weighted by Gasteiger charge is 2.39. The number of piperidine rings is 1. The van der Waals surface area contributed by atoms with Crippen LogP contribution in [0.2, 0.25) is 0 Å². The zero-order chi connectivity index (χ0) is 19.2. The topological polar surface area (TPSA) is 42.4 Å². The highest BCUT2D eigenvalue weighted by Crippen LogP contribution is 2.39. The van der Waals surface area contributed by atoms with Crippen LogP contribution in [0.1, 0.15) is 57.6 Å². The highest BCUT2D eigenvalue weighted by atomic mass is 16.6. The maximum absolute atomic E-state index is 12.8. The largest absolute Gasteiger partial charge is 0.444 e. The van der Waals surface area contributed by atoms with Crippen LogP contribution in [0.3, 0.4) is 0 Å². The predicted octanol–water partition coefficient (Wildman–Crippen LogP) is 5.49. The number of hydrogen-bond acceptors (Lipinski definition) is 3. The fourth-order valence-corrected chi connectivity index (χ4v) is 4.47. The Morgan fingerprint density at radius 3 is 2.78 bits per heavy atom. The molecule has 0 saturated carbocycles. The zero-order valence-corrected chi connectivity index (χ0v) is 16.7. The number of ether oxygens (including phenoxy) is 1. The Morgan fingerprint density at radius 1 is 1.22 bits per heavy atom. The molecule has 1 amide bonds. The van der Waals surface area contributed by atoms with Crippen LogP contribution in [0.15, 0.2) is 36.5 Å². The minimum absolute atomic E-state index is 0.126. The van der Waals surface area contributed by atoms with E-state index in [1.807, 2.05) is 37.9 Å². The van der Waals surface area contributed by atoms with Crippen LogP contribution < -0.4 is 0 Å². The Kier molecular flexibility index (Phi) is 4.45. The van der Waals surface area contributed by atoms with E-state index in [0.717, 1.165) is 31.2 Å². The zero-order valence-electron chi connectivity index (χ0n) is 16.7. The monoisotopic (exact) mass is 364 g/mol. The van der Waals surface area contributed by atoms with Crippen LogP contribution in [0.5, 0.6) is 0 Å². The summed E-state index contributed by atoms with van der Waals surface area (Å²) in [6.45, 7) is 7.94. The molecule has 0 aliphatic carbocycles. The Morgan fingerprint density at radius 2 is 2.04 bits per heavy atom. The van der Waals surface area contributed by atoms with Gasteiger partial charge in [0.25, 0.3) is 0 Å². The number of rotatable bonds is 1. The van der Waals surface area contributed by atoms with E-state index in [-0.39, 0.29) is 18.2 Å². The van der Waals surface area contributed by atoms with Gasteiger partial charge in [-0.05, 0) is 76.1 Å². The molecular weight excluding hydrogens is 336 g/mol. The number of nitrogens with zero attached hydrogens (tertiary/aromatic N) is 2. The third kappa shape index (κ3) is 3.45. The molecule has 2 aliphatic heterocycles. The molecule has 0 radical (unpaired) electrons. The number of aryl methyl sites for hydroxylation is 1. The van der Waals surface area contributed by atoms with Crippen molar-refractivity contribution in [1.29, 1.82) is 0 Å². The SMILES string of the molecule is Cc1c(C2=CC3CCCC(C2)N3C(=O)OC(C)(C)C)ccc2cccnc12. The predicted molar refractivity (Wildman–Crippen MR) is 109 cm³/mol. The van der Waals surface area contributed by atoms with Crippen molar-refractivity contribution in [3.63, 3.8) is 0 Å². The van der Waals surface area contributed by atoms with E-state index < -0.39 is 5.60 Å². The second-order valence-corrected chi connectivity index (χ2v) is 8.75. The van der Waals surface area contributed by atoms with Crippen LogP contribution in [0.25, 0.3) is 16.5 Å². The van der Waals surface area contributed by atoms with E-state index in [4.69, 9.17) is 4.74 Å². The summed E-state index contributed by atoms with van der Waals surface area (Å²) < 4.78 is 5.68. The number of aromatic nitrogens is 1. The number of hydrogen-bond donors (Lipinski definition) is 0. The second-order valence-electron chi connectivity index (χ2n) is 8.75. The number of carbonyl (C=O) groups excluding carboxylic acids is 1. The fourth-order valence-electron chi connectivity index (χ4n) is 4.47. The molecule has 2 aliphatic rings. The van der Waals surface area contributed by atoms with Gasteiger partial charge in [-0.1, -0.05) is 24.3 Å². The van der Waals surface area contributed by atoms with E-state index in [9.17, 15) is 4.79 Å². The lowest BCUT2D eigenvalue weighted by Gasteiger charge is -2.45. The van der Waals surface area contributed by atoms with E-state index >= 15 is 0 Å². The molecule has 2 aromatic rings. The van der Waals surface area contributed by atoms with Crippen LogP contribution in [0, 0.1) is 6.92 Å². The third-order valence-corrected chi connectivity index (χ3v) is 5.61. The van der Waals surface area contributed by atoms with Crippen molar-refractivity contribution in [2.75, 3.05) is 0 Å². The molecule has 0 spiro atoms. The van der Waals surface area contributed by atoms with Crippen LogP contribution in [-0.2, 0) is 4.74 Å². The summed E-state index contributed by atoms with van der Waals surface area (Å²) in [7, 11) is 0. The van der Waals surface area contributed by atoms with Gasteiger partial charge in [0, 0.05) is 17.6 Å². The van der Waals surface area contributed by atoms with Crippen LogP contribution >= 0.6 is 0 Å². The van der Waals surface area contributed by atoms with Crippen molar-refractivity contribution >= 4 is 22.6 Å². The van der Waals surface area contributed by atoms with Gasteiger partial charge in [0.05, 0.1) is 11.6 Å². The van der Waals surface area contributed by atoms with Crippen molar-refractivity contribution in [3.8, 4) is 0 Å². The maximum atomic E-state index is 12.8. The lowest BCUT2D eigenvalue weighted by atomic mass is 9.82. The second kappa shape index (κ2) is 6.66. The van der Waals surface area contributed by atoms with E-state index in [2.05, 4.69) is 36.2 Å². The van der Waals surface area contributed by atoms with E-state index in [0.29, 0.717) is 0 Å². The van der Waals surface area contributed by atoms with Gasteiger partial charge in [0.1, 0.15) is 5.60 Å². The van der Waals surface area contributed by atoms with Crippen molar-refractivity contribution in [2.45, 2.75) is 71.1 Å². The smallest absolute Gasteiger partial charge is 0.411 e. The van der Waals surface area contributed by atoms with E-state index in [1.165, 1.54) is 22.1 Å². The van der Waals surface area contributed by atoms with Crippen LogP contribution in [0.4, 0.5) is 4.79 Å². The number of amides is 1. The quantitative estimate of drug-likeness (QED) is 0.672. The molecule has 2 bridgehead atoms. The molecule has 1 aromatic heterocycles. The number of pyridine rings is 1. The van der Waals surface area contributed by atoms with Gasteiger partial charge < -0.3 is 4.74 Å². The van der Waals surface area contributed by atoms with E-state index in [1.54, 1.807) is 0 Å². The molecule has 27 heavy (non-hydrogen) atoms. The standard InChI is InChI=1S/C23H28N2O2/c1-15-20(11-10-16-7-6-12-24-21(15)16)17-13-18-8-5-9-19(14-17)25(18)22(26)27-23(2,3)4/h6-7,10-13,18-19H,5,8-9,14H2,1-4H3. The fraction of sp³-hybridized carbons (Fsp3) is 0.478. The molecule has 0 N–H and O–H groups in total. The Hall–Kier alpha value is -2.36. The summed E-state index contributed by atoms with van der Waals surface area (Å²) in [5, 5.41) is 1.17. The first-order valence-corrected chi connectivity index (χ1v) is 9.90. The molecule has 1 saturated heterocycles. The third-order valence-electron chi connectivity index (χ3n) is 5.61. The average Bonchev–Trinajstić information content (AvgIpc) is 2.59. The van der Waals surface area contributed by atoms with Gasteiger partial charge in [-0.3, -0.25) is 9.88 Å². The molecule has 1 fully saturated rings. The number of fused-ring (bicyclic) bond motifs is 3. The minimum atomic E-state index is -0.462. The summed E-state index contributed by atoms with van der Waals surface area (Å²) in [4.78, 5) is 19.3. The normalized spacial score (nSPS) is 22.5. The van der Waals surface area contributed by atoms with Gasteiger partial charge in [0.2, 0.25) is 0 Å². The Bertz CT molecular complexity index is 910. The van der Waals surface area contributed by atoms with Crippen molar-refractivity contribution < 1.29 is 9.53 Å². The Balaban J connectivity index is 1.69. The summed E-state index contributed by atoms with van der Waals surface area (Å²) in [6, 6.07) is 8.79. The summed E-state index contributed by atoms with van der Waals surface area (Å²) in [6.07, 6.45) is 8.06. The van der Waals surface area contributed by atoms with Gasteiger partial charge >= 0.3 is 6.09 Å². The molecule has 142 valence electrons. The lowest BCUT2D eigenvalue weighted by molar-refractivity contribution is 0.0000854. The summed E-state index contributed by atoms with van der Waals surface area (Å²) >= 11 is 0. The van der Waals surface area contributed by atoms with Crippen molar-refractivity contribution in [1.82, 2.24) is 9.88 Å². The molecule has 1 aromatic carbocycles. The van der Waals surface area contributed by atoms with Crippen LogP contribution in [-0.4, -0.2) is 33.7 Å². The lowest BCUT2D eigenvalue weighted by Crippen LogP contribution is -2.53. The van der Waals surface area contributed by atoms with Gasteiger partial charge in [-0.15, -0.1) is 0 Å². The molecule has 2 unspecified atom stereocenters. The molecular formula is C23H28N2O2.